The van der Waals surface area contributed by atoms with E-state index in [9.17, 15) is 8.42 Å². The SMILES string of the molecule is CS(=O)(=O)Nc1ccc(-c2nc(NCC(c3ccccc3)c3ncccn3)c3ccccc3n2)cc1. The van der Waals surface area contributed by atoms with Crippen LogP contribution in [0.1, 0.15) is 17.3 Å². The van der Waals surface area contributed by atoms with Crippen LogP contribution in [0.25, 0.3) is 22.3 Å². The second kappa shape index (κ2) is 10.1. The molecule has 0 aliphatic heterocycles. The zero-order chi connectivity index (χ0) is 25.0. The lowest BCUT2D eigenvalue weighted by Crippen LogP contribution is -2.17. The Labute approximate surface area is 209 Å². The lowest BCUT2D eigenvalue weighted by atomic mass is 9.98. The molecule has 1 atom stereocenters. The third-order valence-corrected chi connectivity index (χ3v) is 6.23. The Morgan fingerprint density at radius 2 is 1.50 bits per heavy atom. The molecular weight excluding hydrogens is 472 g/mol. The van der Waals surface area contributed by atoms with Crippen LogP contribution in [0, 0.1) is 0 Å². The van der Waals surface area contributed by atoms with Crippen molar-refractivity contribution < 1.29 is 8.42 Å². The van der Waals surface area contributed by atoms with Crippen LogP contribution < -0.4 is 10.0 Å². The van der Waals surface area contributed by atoms with Gasteiger partial charge < -0.3 is 5.32 Å². The molecule has 1 unspecified atom stereocenters. The number of fused-ring (bicyclic) bond motifs is 1. The summed E-state index contributed by atoms with van der Waals surface area (Å²) in [7, 11) is -3.35. The van der Waals surface area contributed by atoms with Gasteiger partial charge in [-0.1, -0.05) is 42.5 Å². The summed E-state index contributed by atoms with van der Waals surface area (Å²) in [6.07, 6.45) is 4.62. The molecule has 3 aromatic carbocycles. The molecule has 0 fully saturated rings. The summed E-state index contributed by atoms with van der Waals surface area (Å²) in [6.45, 7) is 0.533. The molecular formula is C27H24N6O2S. The maximum absolute atomic E-state index is 11.5. The first-order chi connectivity index (χ1) is 17.5. The molecule has 8 nitrogen and oxygen atoms in total. The molecule has 0 bridgehead atoms. The number of nitrogens with zero attached hydrogens (tertiary/aromatic N) is 4. The molecule has 2 heterocycles. The zero-order valence-electron chi connectivity index (χ0n) is 19.5. The number of para-hydroxylation sites is 1. The fraction of sp³-hybridized carbons (Fsp3) is 0.111. The molecule has 180 valence electrons. The summed E-state index contributed by atoms with van der Waals surface area (Å²) in [5.74, 6) is 1.88. The molecule has 5 aromatic rings. The van der Waals surface area contributed by atoms with E-state index in [-0.39, 0.29) is 5.92 Å². The van der Waals surface area contributed by atoms with Crippen LogP contribution >= 0.6 is 0 Å². The molecule has 2 aromatic heterocycles. The van der Waals surface area contributed by atoms with Gasteiger partial charge in [0.15, 0.2) is 5.82 Å². The van der Waals surface area contributed by atoms with Gasteiger partial charge in [-0.25, -0.2) is 28.4 Å². The van der Waals surface area contributed by atoms with Gasteiger partial charge >= 0.3 is 0 Å². The lowest BCUT2D eigenvalue weighted by Gasteiger charge is -2.18. The molecule has 0 spiro atoms. The van der Waals surface area contributed by atoms with E-state index in [0.717, 1.165) is 34.1 Å². The van der Waals surface area contributed by atoms with E-state index >= 15 is 0 Å². The van der Waals surface area contributed by atoms with Crippen molar-refractivity contribution in [3.8, 4) is 11.4 Å². The minimum absolute atomic E-state index is 0.0778. The summed E-state index contributed by atoms with van der Waals surface area (Å²) in [5.41, 5.74) is 3.15. The van der Waals surface area contributed by atoms with Gasteiger partial charge in [0.2, 0.25) is 10.0 Å². The van der Waals surface area contributed by atoms with Crippen LogP contribution in [0.4, 0.5) is 11.5 Å². The molecule has 0 aliphatic carbocycles. The van der Waals surface area contributed by atoms with Crippen molar-refractivity contribution >= 4 is 32.4 Å². The summed E-state index contributed by atoms with van der Waals surface area (Å²) < 4.78 is 25.5. The minimum atomic E-state index is -3.35. The van der Waals surface area contributed by atoms with E-state index in [1.165, 1.54) is 0 Å². The number of hydrogen-bond acceptors (Lipinski definition) is 7. The Morgan fingerprint density at radius 3 is 2.22 bits per heavy atom. The van der Waals surface area contributed by atoms with Crippen LogP contribution in [-0.2, 0) is 10.0 Å². The Hall–Kier alpha value is -4.37. The monoisotopic (exact) mass is 496 g/mol. The Morgan fingerprint density at radius 1 is 0.806 bits per heavy atom. The van der Waals surface area contributed by atoms with Gasteiger partial charge in [-0.05, 0) is 48.0 Å². The number of sulfonamides is 1. The second-order valence-electron chi connectivity index (χ2n) is 8.32. The van der Waals surface area contributed by atoms with E-state index in [2.05, 4.69) is 32.1 Å². The predicted molar refractivity (Wildman–Crippen MR) is 142 cm³/mol. The van der Waals surface area contributed by atoms with Gasteiger partial charge in [-0.15, -0.1) is 0 Å². The Kier molecular flexibility index (Phi) is 6.55. The van der Waals surface area contributed by atoms with Crippen molar-refractivity contribution in [1.82, 2.24) is 19.9 Å². The highest BCUT2D eigenvalue weighted by atomic mass is 32.2. The fourth-order valence-corrected chi connectivity index (χ4v) is 4.54. The van der Waals surface area contributed by atoms with Gasteiger partial charge in [0, 0.05) is 35.6 Å². The van der Waals surface area contributed by atoms with E-state index in [1.807, 2.05) is 42.5 Å². The van der Waals surface area contributed by atoms with Crippen molar-refractivity contribution in [2.24, 2.45) is 0 Å². The smallest absolute Gasteiger partial charge is 0.229 e. The van der Waals surface area contributed by atoms with Gasteiger partial charge in [-0.2, -0.15) is 0 Å². The molecule has 0 saturated heterocycles. The number of rotatable bonds is 8. The third kappa shape index (κ3) is 5.47. The van der Waals surface area contributed by atoms with Gasteiger partial charge in [-0.3, -0.25) is 4.72 Å². The lowest BCUT2D eigenvalue weighted by molar-refractivity contribution is 0.607. The maximum Gasteiger partial charge on any atom is 0.229 e. The normalized spacial score (nSPS) is 12.2. The molecule has 2 N–H and O–H groups in total. The molecule has 0 aliphatic rings. The van der Waals surface area contributed by atoms with Crippen LogP contribution in [0.3, 0.4) is 0 Å². The number of hydrogen-bond donors (Lipinski definition) is 2. The molecule has 0 saturated carbocycles. The van der Waals surface area contributed by atoms with Crippen LogP contribution in [-0.4, -0.2) is 41.2 Å². The van der Waals surface area contributed by atoms with Crippen LogP contribution in [0.2, 0.25) is 0 Å². The third-order valence-electron chi connectivity index (χ3n) is 5.62. The zero-order valence-corrected chi connectivity index (χ0v) is 20.4. The van der Waals surface area contributed by atoms with Crippen LogP contribution in [0.15, 0.2) is 97.3 Å². The van der Waals surface area contributed by atoms with Gasteiger partial charge in [0.1, 0.15) is 11.6 Å². The average Bonchev–Trinajstić information content (AvgIpc) is 2.89. The number of benzene rings is 3. The summed E-state index contributed by atoms with van der Waals surface area (Å²) in [4.78, 5) is 18.6. The molecule has 9 heteroatoms. The highest BCUT2D eigenvalue weighted by Crippen LogP contribution is 2.28. The van der Waals surface area contributed by atoms with Crippen LogP contribution in [0.5, 0.6) is 0 Å². The summed E-state index contributed by atoms with van der Waals surface area (Å²) in [6, 6.07) is 26.7. The van der Waals surface area contributed by atoms with Crippen molar-refractivity contribution in [2.75, 3.05) is 22.8 Å². The molecule has 5 rings (SSSR count). The van der Waals surface area contributed by atoms with Gasteiger partial charge in [0.25, 0.3) is 0 Å². The first-order valence-electron chi connectivity index (χ1n) is 11.4. The Bertz CT molecular complexity index is 1540. The number of nitrogens with one attached hydrogen (secondary N) is 2. The average molecular weight is 497 g/mol. The van der Waals surface area contributed by atoms with E-state index in [1.54, 1.807) is 42.7 Å². The molecule has 0 radical (unpaired) electrons. The number of anilines is 2. The fourth-order valence-electron chi connectivity index (χ4n) is 3.97. The summed E-state index contributed by atoms with van der Waals surface area (Å²) >= 11 is 0. The van der Waals surface area contributed by atoms with Crippen molar-refractivity contribution in [3.05, 3.63) is 109 Å². The summed E-state index contributed by atoms with van der Waals surface area (Å²) in [5, 5.41) is 4.41. The highest BCUT2D eigenvalue weighted by Gasteiger charge is 2.18. The van der Waals surface area contributed by atoms with E-state index < -0.39 is 10.0 Å². The van der Waals surface area contributed by atoms with E-state index in [0.29, 0.717) is 23.9 Å². The quantitative estimate of drug-likeness (QED) is 0.320. The van der Waals surface area contributed by atoms with Crippen molar-refractivity contribution in [1.29, 1.82) is 0 Å². The first kappa shape index (κ1) is 23.4. The topological polar surface area (TPSA) is 110 Å². The predicted octanol–water partition coefficient (Wildman–Crippen LogP) is 4.70. The second-order valence-corrected chi connectivity index (χ2v) is 10.1. The standard InChI is InChI=1S/C27H24N6O2S/c1-36(34,35)33-21-14-12-20(13-15-21)25-31-24-11-6-5-10-22(24)27(32-25)30-18-23(19-8-3-2-4-9-19)26-28-16-7-17-29-26/h2-17,23,33H,18H2,1H3,(H,30,31,32). The Balaban J connectivity index is 1.49. The maximum atomic E-state index is 11.5. The molecule has 0 amide bonds. The highest BCUT2D eigenvalue weighted by molar-refractivity contribution is 7.92. The van der Waals surface area contributed by atoms with Crippen molar-refractivity contribution in [3.63, 3.8) is 0 Å². The minimum Gasteiger partial charge on any atom is -0.368 e. The van der Waals surface area contributed by atoms with Gasteiger partial charge in [0.05, 0.1) is 17.7 Å². The van der Waals surface area contributed by atoms with E-state index in [4.69, 9.17) is 9.97 Å². The van der Waals surface area contributed by atoms with Crippen molar-refractivity contribution in [2.45, 2.75) is 5.92 Å². The first-order valence-corrected chi connectivity index (χ1v) is 13.3. The largest absolute Gasteiger partial charge is 0.368 e. The number of aromatic nitrogens is 4. The molecule has 36 heavy (non-hydrogen) atoms.